The van der Waals surface area contributed by atoms with Crippen molar-refractivity contribution in [2.45, 2.75) is 57.0 Å². The third-order valence-corrected chi connectivity index (χ3v) is 13.1. The fraction of sp³-hybridized carbons (Fsp3) is 0.442. The zero-order valence-electron chi connectivity index (χ0n) is 31.1. The van der Waals surface area contributed by atoms with Crippen molar-refractivity contribution in [2.75, 3.05) is 73.6 Å². The van der Waals surface area contributed by atoms with Gasteiger partial charge in [-0.2, -0.15) is 5.26 Å². The van der Waals surface area contributed by atoms with Crippen LogP contribution in [0.2, 0.25) is 5.02 Å². The Morgan fingerprint density at radius 3 is 2.27 bits per heavy atom. The summed E-state index contributed by atoms with van der Waals surface area (Å²) in [7, 11) is 0. The van der Waals surface area contributed by atoms with Crippen LogP contribution in [0.15, 0.2) is 60.8 Å². The minimum atomic E-state index is -0.587. The molecule has 5 aliphatic rings. The van der Waals surface area contributed by atoms with Crippen molar-refractivity contribution in [1.82, 2.24) is 20.1 Å². The maximum absolute atomic E-state index is 13.1. The number of nitrogens with one attached hydrogen (secondary N) is 2. The number of carbonyl (C=O) groups excluding carboxylic acids is 3. The average molecular weight is 759 g/mol. The molecule has 1 aromatic heterocycles. The number of piperazine rings is 1. The van der Waals surface area contributed by atoms with Gasteiger partial charge in [-0.05, 0) is 97.7 Å². The van der Waals surface area contributed by atoms with Gasteiger partial charge in [-0.25, -0.2) is 0 Å². The summed E-state index contributed by atoms with van der Waals surface area (Å²) in [5, 5.41) is 13.4. The molecule has 5 aliphatic heterocycles. The molecule has 3 amide bonds. The van der Waals surface area contributed by atoms with E-state index in [1.165, 1.54) is 29.8 Å². The third-order valence-electron chi connectivity index (χ3n) is 12.8. The first-order valence-electron chi connectivity index (χ1n) is 19.9. The Kier molecular flexibility index (Phi) is 9.65. The lowest BCUT2D eigenvalue weighted by molar-refractivity contribution is -0.136. The fourth-order valence-electron chi connectivity index (χ4n) is 9.68. The molecule has 2 N–H and O–H groups in total. The van der Waals surface area contributed by atoms with Crippen LogP contribution in [0.4, 0.5) is 17.1 Å². The monoisotopic (exact) mass is 758 g/mol. The number of nitriles is 1. The minimum Gasteiger partial charge on any atom is -0.372 e. The molecule has 4 fully saturated rings. The molecule has 9 rings (SSSR count). The number of H-pyrrole nitrogens is 1. The van der Waals surface area contributed by atoms with E-state index in [9.17, 15) is 19.6 Å². The molecule has 0 aliphatic carbocycles. The average Bonchev–Trinajstić information content (AvgIpc) is 3.80. The van der Waals surface area contributed by atoms with E-state index < -0.39 is 6.04 Å². The number of hydrogen-bond acceptors (Lipinski definition) is 8. The van der Waals surface area contributed by atoms with Crippen LogP contribution in [0.1, 0.15) is 71.5 Å². The van der Waals surface area contributed by atoms with E-state index in [-0.39, 0.29) is 24.1 Å². The first kappa shape index (κ1) is 35.6. The maximum atomic E-state index is 13.1. The number of benzene rings is 3. The van der Waals surface area contributed by atoms with E-state index in [1.807, 2.05) is 18.2 Å². The molecule has 1 unspecified atom stereocenters. The summed E-state index contributed by atoms with van der Waals surface area (Å²) < 4.78 is 0. The van der Waals surface area contributed by atoms with Gasteiger partial charge >= 0.3 is 0 Å². The number of rotatable bonds is 7. The van der Waals surface area contributed by atoms with Crippen LogP contribution in [-0.4, -0.2) is 97.4 Å². The Morgan fingerprint density at radius 1 is 0.800 bits per heavy atom. The highest BCUT2D eigenvalue weighted by atomic mass is 35.5. The maximum Gasteiger partial charge on any atom is 0.255 e. The number of imide groups is 1. The minimum absolute atomic E-state index is 0.123. The highest BCUT2D eigenvalue weighted by Gasteiger charge is 2.39. The van der Waals surface area contributed by atoms with Gasteiger partial charge in [-0.3, -0.25) is 24.6 Å². The van der Waals surface area contributed by atoms with Gasteiger partial charge in [0.25, 0.3) is 5.91 Å². The number of anilines is 3. The van der Waals surface area contributed by atoms with Crippen LogP contribution in [-0.2, 0) is 16.1 Å². The van der Waals surface area contributed by atoms with E-state index in [4.69, 9.17) is 11.6 Å². The standard InChI is InChI=1S/C43H47ClN8O3/c44-37-10-9-35(41-40(37)31(23-45)24-46-41)29-2-1-15-51(26-29)33-5-3-32(4-6-33)49-16-13-28(14-17-49)25-48-18-20-50(21-19-48)34-7-8-36-30(22-34)27-52(43(36)55)38-11-12-39(53)47-42(38)54/h3-10,22,24,28-29,38,46H,1-2,11-21,25-27H2,(H,47,53,54)/t29-,38?/m1/s1. The van der Waals surface area contributed by atoms with Crippen LogP contribution in [0, 0.1) is 17.2 Å². The lowest BCUT2D eigenvalue weighted by atomic mass is 9.89. The number of nitrogens with zero attached hydrogens (tertiary/aromatic N) is 6. The SMILES string of the molecule is N#Cc1c[nH]c2c([C@@H]3CCCN(c4ccc(N5CCC(CN6CCN(c7ccc8c(c7)CN(C7CCC(=O)NC7=O)C8=O)CC6)CC5)cc4)C3)ccc(Cl)c12. The van der Waals surface area contributed by atoms with Crippen LogP contribution >= 0.6 is 11.6 Å². The van der Waals surface area contributed by atoms with Gasteiger partial charge in [-0.1, -0.05) is 17.7 Å². The Balaban J connectivity index is 0.745. The number of aromatic nitrogens is 1. The number of piperidine rings is 3. The number of hydrogen-bond donors (Lipinski definition) is 2. The zero-order valence-corrected chi connectivity index (χ0v) is 31.9. The Bertz CT molecular complexity index is 2160. The van der Waals surface area contributed by atoms with E-state index in [1.54, 1.807) is 11.1 Å². The fourth-order valence-corrected chi connectivity index (χ4v) is 9.94. The van der Waals surface area contributed by atoms with Gasteiger partial charge in [-0.15, -0.1) is 0 Å². The molecule has 0 saturated carbocycles. The van der Waals surface area contributed by atoms with Gasteiger partial charge in [0.05, 0.1) is 16.1 Å². The molecule has 0 radical (unpaired) electrons. The molecule has 0 bridgehead atoms. The van der Waals surface area contributed by atoms with Crippen LogP contribution in [0.25, 0.3) is 10.9 Å². The Labute approximate surface area is 326 Å². The normalized spacial score (nSPS) is 22.7. The lowest BCUT2D eigenvalue weighted by Crippen LogP contribution is -2.52. The van der Waals surface area contributed by atoms with Gasteiger partial charge in [0.1, 0.15) is 12.1 Å². The van der Waals surface area contributed by atoms with Crippen molar-refractivity contribution in [3.05, 3.63) is 88.1 Å². The highest BCUT2D eigenvalue weighted by Crippen LogP contribution is 2.38. The van der Waals surface area contributed by atoms with Crippen LogP contribution < -0.4 is 20.0 Å². The summed E-state index contributed by atoms with van der Waals surface area (Å²) in [6, 6.07) is 21.0. The number of carbonyl (C=O) groups is 3. The first-order chi connectivity index (χ1) is 26.8. The molecule has 11 nitrogen and oxygen atoms in total. The summed E-state index contributed by atoms with van der Waals surface area (Å²) in [6.07, 6.45) is 7.04. The highest BCUT2D eigenvalue weighted by molar-refractivity contribution is 6.36. The summed E-state index contributed by atoms with van der Waals surface area (Å²) in [5.74, 6) is 0.298. The van der Waals surface area contributed by atoms with Crippen LogP contribution in [0.5, 0.6) is 0 Å². The van der Waals surface area contributed by atoms with Crippen LogP contribution in [0.3, 0.4) is 0 Å². The first-order valence-corrected chi connectivity index (χ1v) is 20.2. The van der Waals surface area contributed by atoms with E-state index in [2.05, 4.69) is 72.4 Å². The Hall–Kier alpha value is -5.05. The molecular formula is C43H47ClN8O3. The number of amides is 3. The zero-order chi connectivity index (χ0) is 37.6. The summed E-state index contributed by atoms with van der Waals surface area (Å²) in [4.78, 5) is 52.2. The van der Waals surface area contributed by atoms with Gasteiger partial charge in [0.15, 0.2) is 0 Å². The molecule has 4 aromatic rings. The molecule has 55 heavy (non-hydrogen) atoms. The topological polar surface area (TPSA) is 119 Å². The van der Waals surface area contributed by atoms with Crippen molar-refractivity contribution >= 4 is 57.3 Å². The quantitative estimate of drug-likeness (QED) is 0.225. The van der Waals surface area contributed by atoms with Gasteiger partial charge in [0, 0.05) is 112 Å². The van der Waals surface area contributed by atoms with E-state index in [0.717, 1.165) is 93.9 Å². The molecule has 3 aromatic carbocycles. The lowest BCUT2D eigenvalue weighted by Gasteiger charge is -2.40. The molecule has 4 saturated heterocycles. The van der Waals surface area contributed by atoms with Crippen molar-refractivity contribution in [3.8, 4) is 6.07 Å². The van der Waals surface area contributed by atoms with Gasteiger partial charge in [0.2, 0.25) is 11.8 Å². The molecule has 12 heteroatoms. The second-order valence-electron chi connectivity index (χ2n) is 16.0. The van der Waals surface area contributed by atoms with E-state index in [0.29, 0.717) is 41.0 Å². The second kappa shape index (κ2) is 14.9. The third kappa shape index (κ3) is 6.91. The predicted octanol–water partition coefficient (Wildman–Crippen LogP) is 5.88. The number of halogens is 1. The summed E-state index contributed by atoms with van der Waals surface area (Å²) >= 11 is 6.50. The predicted molar refractivity (Wildman–Crippen MR) is 215 cm³/mol. The largest absolute Gasteiger partial charge is 0.372 e. The van der Waals surface area contributed by atoms with Crippen molar-refractivity contribution < 1.29 is 14.4 Å². The molecule has 2 atom stereocenters. The summed E-state index contributed by atoms with van der Waals surface area (Å²) in [6.45, 7) is 9.62. The smallest absolute Gasteiger partial charge is 0.255 e. The Morgan fingerprint density at radius 2 is 1.53 bits per heavy atom. The van der Waals surface area contributed by atoms with Crippen molar-refractivity contribution in [1.29, 1.82) is 5.26 Å². The second-order valence-corrected chi connectivity index (χ2v) is 16.4. The number of fused-ring (bicyclic) bond motifs is 2. The molecule has 0 spiro atoms. The van der Waals surface area contributed by atoms with Gasteiger partial charge < -0.3 is 24.6 Å². The molecule has 6 heterocycles. The van der Waals surface area contributed by atoms with E-state index >= 15 is 0 Å². The molecular weight excluding hydrogens is 712 g/mol. The number of aromatic amines is 1. The van der Waals surface area contributed by atoms with Crippen molar-refractivity contribution in [2.24, 2.45) is 5.92 Å². The van der Waals surface area contributed by atoms with Crippen molar-refractivity contribution in [3.63, 3.8) is 0 Å². The molecule has 284 valence electrons. The summed E-state index contributed by atoms with van der Waals surface area (Å²) in [5.41, 5.74) is 8.15.